The molecule has 1 heterocycles. The van der Waals surface area contributed by atoms with Gasteiger partial charge in [-0.05, 0) is 12.2 Å². The molecule has 0 fully saturated rings. The quantitative estimate of drug-likeness (QED) is 0.608. The van der Waals surface area contributed by atoms with Gasteiger partial charge in [0.25, 0.3) is 0 Å². The Bertz CT molecular complexity index is 238. The van der Waals surface area contributed by atoms with E-state index in [2.05, 4.69) is 5.32 Å². The Morgan fingerprint density at radius 1 is 1.45 bits per heavy atom. The number of carbonyl (C=O) groups is 1. The first kappa shape index (κ1) is 7.60. The Labute approximate surface area is 65.0 Å². The first-order chi connectivity index (χ1) is 5.29. The monoisotopic (exact) mass is 151 g/mol. The van der Waals surface area contributed by atoms with Crippen molar-refractivity contribution in [3.05, 3.63) is 36.4 Å². The van der Waals surface area contributed by atoms with Crippen LogP contribution in [0.15, 0.2) is 36.4 Å². The summed E-state index contributed by atoms with van der Waals surface area (Å²) in [5, 5.41) is 2.52. The van der Waals surface area contributed by atoms with Gasteiger partial charge in [0.1, 0.15) is 0 Å². The van der Waals surface area contributed by atoms with Gasteiger partial charge in [0.15, 0.2) is 5.88 Å². The van der Waals surface area contributed by atoms with Crippen molar-refractivity contribution < 1.29 is 9.53 Å². The summed E-state index contributed by atoms with van der Waals surface area (Å²) < 4.78 is 5.00. The van der Waals surface area contributed by atoms with Crippen LogP contribution in [0.25, 0.3) is 0 Å². The van der Waals surface area contributed by atoms with Crippen LogP contribution in [0, 0.1) is 0 Å². The molecule has 1 amide bonds. The highest BCUT2D eigenvalue weighted by Gasteiger charge is 1.97. The minimum atomic E-state index is -0.139. The first-order valence-corrected chi connectivity index (χ1v) is 3.27. The van der Waals surface area contributed by atoms with Crippen LogP contribution in [0.5, 0.6) is 0 Å². The molecule has 0 aromatic heterocycles. The highest BCUT2D eigenvalue weighted by molar-refractivity contribution is 5.74. The Kier molecular flexibility index (Phi) is 2.49. The third-order valence-corrected chi connectivity index (χ3v) is 1.04. The molecule has 0 bridgehead atoms. The largest absolute Gasteiger partial charge is 0.449 e. The third kappa shape index (κ3) is 2.71. The Morgan fingerprint density at radius 3 is 3.00 bits per heavy atom. The predicted octanol–water partition coefficient (Wildman–Crippen LogP) is 1.06. The molecule has 0 aromatic carbocycles. The van der Waals surface area contributed by atoms with E-state index in [-0.39, 0.29) is 5.91 Å². The summed E-state index contributed by atoms with van der Waals surface area (Å²) >= 11 is 0. The van der Waals surface area contributed by atoms with Crippen LogP contribution in [-0.4, -0.2) is 5.91 Å². The van der Waals surface area contributed by atoms with Gasteiger partial charge in [-0.25, -0.2) is 0 Å². The minimum absolute atomic E-state index is 0.139. The number of amides is 1. The van der Waals surface area contributed by atoms with Gasteiger partial charge in [0.05, 0.1) is 6.26 Å². The van der Waals surface area contributed by atoms with Crippen LogP contribution in [0.1, 0.15) is 6.92 Å². The zero-order chi connectivity index (χ0) is 8.10. The average Bonchev–Trinajstić information content (AvgIpc) is 2.14. The number of carbonyl (C=O) groups excluding carboxylic acids is 1. The van der Waals surface area contributed by atoms with E-state index in [1.165, 1.54) is 13.2 Å². The molecular formula is C8H9NO2. The molecule has 0 aromatic rings. The van der Waals surface area contributed by atoms with Crippen LogP contribution >= 0.6 is 0 Å². The van der Waals surface area contributed by atoms with Crippen LogP contribution in [0.2, 0.25) is 0 Å². The molecule has 3 heteroatoms. The summed E-state index contributed by atoms with van der Waals surface area (Å²) in [5.41, 5.74) is 0. The Balaban J connectivity index is 2.57. The van der Waals surface area contributed by atoms with Crippen molar-refractivity contribution in [3.63, 3.8) is 0 Å². The molecule has 0 unspecified atom stereocenters. The second-order valence-electron chi connectivity index (χ2n) is 2.04. The number of ether oxygens (including phenoxy) is 1. The van der Waals surface area contributed by atoms with E-state index < -0.39 is 0 Å². The molecule has 0 spiro atoms. The molecule has 1 aliphatic heterocycles. The van der Waals surface area contributed by atoms with E-state index in [0.717, 1.165) is 0 Å². The van der Waals surface area contributed by atoms with Crippen molar-refractivity contribution in [1.82, 2.24) is 5.32 Å². The van der Waals surface area contributed by atoms with Gasteiger partial charge in [0.2, 0.25) is 5.91 Å². The van der Waals surface area contributed by atoms with E-state index in [1.807, 2.05) is 6.08 Å². The summed E-state index contributed by atoms with van der Waals surface area (Å²) in [6.45, 7) is 1.43. The van der Waals surface area contributed by atoms with Gasteiger partial charge in [-0.2, -0.15) is 0 Å². The van der Waals surface area contributed by atoms with Gasteiger partial charge in [-0.1, -0.05) is 12.2 Å². The molecule has 11 heavy (non-hydrogen) atoms. The van der Waals surface area contributed by atoms with E-state index in [4.69, 9.17) is 4.74 Å². The molecule has 1 rings (SSSR count). The lowest BCUT2D eigenvalue weighted by Gasteiger charge is -2.03. The lowest BCUT2D eigenvalue weighted by atomic mass is 10.4. The minimum Gasteiger partial charge on any atom is -0.449 e. The van der Waals surface area contributed by atoms with E-state index >= 15 is 0 Å². The highest BCUT2D eigenvalue weighted by Crippen LogP contribution is 1.98. The molecule has 1 aliphatic rings. The van der Waals surface area contributed by atoms with Crippen molar-refractivity contribution in [2.75, 3.05) is 0 Å². The van der Waals surface area contributed by atoms with Crippen molar-refractivity contribution in [1.29, 1.82) is 0 Å². The van der Waals surface area contributed by atoms with Crippen LogP contribution in [-0.2, 0) is 9.53 Å². The zero-order valence-electron chi connectivity index (χ0n) is 6.20. The maximum Gasteiger partial charge on any atom is 0.223 e. The number of allylic oxidation sites excluding steroid dienone is 4. The van der Waals surface area contributed by atoms with Crippen LogP contribution in [0.3, 0.4) is 0 Å². The molecule has 1 N–H and O–H groups in total. The number of hydrogen-bond donors (Lipinski definition) is 1. The second kappa shape index (κ2) is 3.61. The lowest BCUT2D eigenvalue weighted by Crippen LogP contribution is -2.19. The zero-order valence-corrected chi connectivity index (χ0v) is 6.20. The normalized spacial score (nSPS) is 14.8. The first-order valence-electron chi connectivity index (χ1n) is 3.27. The number of hydrogen-bond acceptors (Lipinski definition) is 2. The molecule has 0 radical (unpaired) electrons. The van der Waals surface area contributed by atoms with E-state index in [9.17, 15) is 4.79 Å². The van der Waals surface area contributed by atoms with Crippen LogP contribution < -0.4 is 5.32 Å². The van der Waals surface area contributed by atoms with Crippen molar-refractivity contribution in [2.45, 2.75) is 6.92 Å². The molecular weight excluding hydrogens is 142 g/mol. The summed E-state index contributed by atoms with van der Waals surface area (Å²) in [6, 6.07) is 0. The van der Waals surface area contributed by atoms with Gasteiger partial charge in [-0.3, -0.25) is 10.1 Å². The maximum atomic E-state index is 10.5. The van der Waals surface area contributed by atoms with E-state index in [0.29, 0.717) is 5.88 Å². The van der Waals surface area contributed by atoms with Gasteiger partial charge in [-0.15, -0.1) is 0 Å². The predicted molar refractivity (Wildman–Crippen MR) is 41.3 cm³/mol. The molecule has 0 aliphatic carbocycles. The summed E-state index contributed by atoms with van der Waals surface area (Å²) in [4.78, 5) is 10.5. The number of rotatable bonds is 1. The molecule has 3 nitrogen and oxygen atoms in total. The summed E-state index contributed by atoms with van der Waals surface area (Å²) in [7, 11) is 0. The smallest absolute Gasteiger partial charge is 0.223 e. The molecule has 0 atom stereocenters. The fourth-order valence-electron chi connectivity index (χ4n) is 0.649. The molecule has 0 saturated carbocycles. The topological polar surface area (TPSA) is 38.3 Å². The second-order valence-corrected chi connectivity index (χ2v) is 2.04. The van der Waals surface area contributed by atoms with E-state index in [1.54, 1.807) is 18.2 Å². The SMILES string of the molecule is CC(=O)NC1=CC=CC=CO1. The maximum absolute atomic E-state index is 10.5. The van der Waals surface area contributed by atoms with Crippen molar-refractivity contribution >= 4 is 5.91 Å². The fourth-order valence-corrected chi connectivity index (χ4v) is 0.649. The number of nitrogens with one attached hydrogen (secondary N) is 1. The standard InChI is InChI=1S/C8H9NO2/c1-7(10)9-8-5-3-2-4-6-11-8/h2-6H,1H3,(H,9,10). The van der Waals surface area contributed by atoms with Crippen LogP contribution in [0.4, 0.5) is 0 Å². The summed E-state index contributed by atoms with van der Waals surface area (Å²) in [6.07, 6.45) is 8.53. The summed E-state index contributed by atoms with van der Waals surface area (Å²) in [5.74, 6) is 0.308. The fraction of sp³-hybridized carbons (Fsp3) is 0.125. The highest BCUT2D eigenvalue weighted by atomic mass is 16.5. The van der Waals surface area contributed by atoms with Gasteiger partial charge >= 0.3 is 0 Å². The van der Waals surface area contributed by atoms with Crippen molar-refractivity contribution in [3.8, 4) is 0 Å². The molecule has 0 saturated heterocycles. The average molecular weight is 151 g/mol. The Hall–Kier alpha value is -1.51. The van der Waals surface area contributed by atoms with Gasteiger partial charge in [0, 0.05) is 6.92 Å². The van der Waals surface area contributed by atoms with Crippen molar-refractivity contribution in [2.24, 2.45) is 0 Å². The molecule has 58 valence electrons. The third-order valence-electron chi connectivity index (χ3n) is 1.04. The lowest BCUT2D eigenvalue weighted by molar-refractivity contribution is -0.118. The van der Waals surface area contributed by atoms with Gasteiger partial charge < -0.3 is 4.74 Å². The Morgan fingerprint density at radius 2 is 2.27 bits per heavy atom.